The zero-order valence-corrected chi connectivity index (χ0v) is 18.5. The van der Waals surface area contributed by atoms with Crippen molar-refractivity contribution in [2.75, 3.05) is 17.7 Å². The van der Waals surface area contributed by atoms with Crippen molar-refractivity contribution in [2.24, 2.45) is 0 Å². The Morgan fingerprint density at radius 3 is 2.94 bits per heavy atom. The SMILES string of the molecule is CN1C(=O)[C@@H](NC(=O)c2cn(Cc3ccccc3)nn2)CSc2cc3[nH]nc(Cl)c3cc21. The summed E-state index contributed by atoms with van der Waals surface area (Å²) in [5.74, 6) is -0.282. The van der Waals surface area contributed by atoms with E-state index in [1.54, 1.807) is 17.9 Å². The molecule has 0 fully saturated rings. The van der Waals surface area contributed by atoms with Crippen LogP contribution in [0.25, 0.3) is 10.9 Å². The second-order valence-corrected chi connectivity index (χ2v) is 8.82. The average Bonchev–Trinajstić information content (AvgIpc) is 3.39. The molecule has 9 nitrogen and oxygen atoms in total. The number of thioether (sulfide) groups is 1. The lowest BCUT2D eigenvalue weighted by Gasteiger charge is -2.21. The second-order valence-electron chi connectivity index (χ2n) is 7.40. The molecule has 0 radical (unpaired) electrons. The van der Waals surface area contributed by atoms with Crippen molar-refractivity contribution < 1.29 is 9.59 Å². The lowest BCUT2D eigenvalue weighted by atomic mass is 10.2. The van der Waals surface area contributed by atoms with E-state index in [1.165, 1.54) is 16.7 Å². The zero-order chi connectivity index (χ0) is 22.2. The number of benzene rings is 2. The lowest BCUT2D eigenvalue weighted by molar-refractivity contribution is -0.119. The van der Waals surface area contributed by atoms with Crippen molar-refractivity contribution in [3.63, 3.8) is 0 Å². The average molecular weight is 468 g/mol. The fourth-order valence-electron chi connectivity index (χ4n) is 3.56. The minimum absolute atomic E-state index is 0.161. The Morgan fingerprint density at radius 1 is 1.31 bits per heavy atom. The first-order chi connectivity index (χ1) is 15.5. The van der Waals surface area contributed by atoms with Gasteiger partial charge in [-0.25, -0.2) is 4.68 Å². The van der Waals surface area contributed by atoms with Crippen LogP contribution in [0.1, 0.15) is 16.1 Å². The van der Waals surface area contributed by atoms with E-state index in [2.05, 4.69) is 25.8 Å². The number of hydrogen-bond acceptors (Lipinski definition) is 6. The highest BCUT2D eigenvalue weighted by Crippen LogP contribution is 2.38. The molecule has 0 saturated carbocycles. The number of fused-ring (bicyclic) bond motifs is 2. The van der Waals surface area contributed by atoms with Crippen LogP contribution in [0.2, 0.25) is 5.15 Å². The molecule has 162 valence electrons. The fraction of sp³-hybridized carbons (Fsp3) is 0.190. The number of amides is 2. The Morgan fingerprint density at radius 2 is 2.12 bits per heavy atom. The van der Waals surface area contributed by atoms with Gasteiger partial charge in [-0.2, -0.15) is 5.10 Å². The van der Waals surface area contributed by atoms with Crippen LogP contribution in [0.5, 0.6) is 0 Å². The first-order valence-corrected chi connectivity index (χ1v) is 11.2. The topological polar surface area (TPSA) is 109 Å². The summed E-state index contributed by atoms with van der Waals surface area (Å²) < 4.78 is 1.59. The number of carbonyl (C=O) groups excluding carboxylic acids is 2. The molecule has 0 unspecified atom stereocenters. The standard InChI is InChI=1S/C21H18ClN7O2S/c1-28-17-7-13-14(24-26-19(13)22)8-18(17)32-11-16(21(28)31)23-20(30)15-10-29(27-25-15)9-12-5-3-2-4-6-12/h2-8,10,16H,9,11H2,1H3,(H,23,30)(H,24,26)/t16-/m0/s1. The Bertz CT molecular complexity index is 1320. The van der Waals surface area contributed by atoms with E-state index < -0.39 is 11.9 Å². The molecule has 0 aliphatic carbocycles. The summed E-state index contributed by atoms with van der Waals surface area (Å²) in [7, 11) is 1.68. The molecule has 0 saturated heterocycles. The Balaban J connectivity index is 1.32. The van der Waals surface area contributed by atoms with Gasteiger partial charge in [0.05, 0.1) is 23.9 Å². The van der Waals surface area contributed by atoms with Gasteiger partial charge in [0.15, 0.2) is 10.8 Å². The Kier molecular flexibility index (Phi) is 5.32. The van der Waals surface area contributed by atoms with E-state index in [4.69, 9.17) is 11.6 Å². The summed E-state index contributed by atoms with van der Waals surface area (Å²) in [6.45, 7) is 0.502. The number of H-pyrrole nitrogens is 1. The number of aromatic amines is 1. The number of hydrogen-bond donors (Lipinski definition) is 2. The van der Waals surface area contributed by atoms with Gasteiger partial charge in [0.1, 0.15) is 6.04 Å². The third-order valence-corrected chi connectivity index (χ3v) is 6.68. The molecule has 2 aromatic carbocycles. The lowest BCUT2D eigenvalue weighted by Crippen LogP contribution is -2.48. The molecule has 2 amide bonds. The van der Waals surface area contributed by atoms with E-state index >= 15 is 0 Å². The second kappa shape index (κ2) is 8.29. The Labute approximate surface area is 192 Å². The van der Waals surface area contributed by atoms with E-state index in [0.717, 1.165) is 27.0 Å². The number of nitrogens with zero attached hydrogens (tertiary/aromatic N) is 5. The van der Waals surface area contributed by atoms with Crippen LogP contribution >= 0.6 is 23.4 Å². The number of nitrogens with one attached hydrogen (secondary N) is 2. The van der Waals surface area contributed by atoms with E-state index in [-0.39, 0.29) is 11.6 Å². The van der Waals surface area contributed by atoms with Crippen molar-refractivity contribution in [3.05, 3.63) is 65.1 Å². The van der Waals surface area contributed by atoms with Crippen molar-refractivity contribution in [2.45, 2.75) is 17.5 Å². The largest absolute Gasteiger partial charge is 0.338 e. The molecule has 3 heterocycles. The molecular formula is C21H18ClN7O2S. The number of aromatic nitrogens is 5. The first-order valence-electron chi connectivity index (χ1n) is 9.82. The molecule has 2 N–H and O–H groups in total. The number of likely N-dealkylation sites (N-methyl/N-ethyl adjacent to an activating group) is 1. The summed E-state index contributed by atoms with van der Waals surface area (Å²) >= 11 is 7.62. The van der Waals surface area contributed by atoms with Gasteiger partial charge >= 0.3 is 0 Å². The normalized spacial score (nSPS) is 16.1. The van der Waals surface area contributed by atoms with Gasteiger partial charge in [-0.05, 0) is 17.7 Å². The predicted octanol–water partition coefficient (Wildman–Crippen LogP) is 2.72. The molecule has 1 aliphatic heterocycles. The molecule has 5 rings (SSSR count). The van der Waals surface area contributed by atoms with Gasteiger partial charge in [-0.1, -0.05) is 47.1 Å². The third-order valence-electron chi connectivity index (χ3n) is 5.26. The van der Waals surface area contributed by atoms with Crippen LogP contribution < -0.4 is 10.2 Å². The fourth-order valence-corrected chi connectivity index (χ4v) is 4.88. The zero-order valence-electron chi connectivity index (χ0n) is 16.9. The highest BCUT2D eigenvalue weighted by Gasteiger charge is 2.31. The third kappa shape index (κ3) is 3.82. The van der Waals surface area contributed by atoms with Crippen LogP contribution in [-0.4, -0.2) is 55.8 Å². The molecule has 32 heavy (non-hydrogen) atoms. The van der Waals surface area contributed by atoms with Gasteiger partial charge < -0.3 is 10.2 Å². The van der Waals surface area contributed by atoms with E-state index in [9.17, 15) is 9.59 Å². The monoisotopic (exact) mass is 467 g/mol. The summed E-state index contributed by atoms with van der Waals surface area (Å²) in [4.78, 5) is 28.3. The molecular weight excluding hydrogens is 450 g/mol. The van der Waals surface area contributed by atoms with Crippen LogP contribution in [0.3, 0.4) is 0 Å². The maximum absolute atomic E-state index is 13.1. The highest BCUT2D eigenvalue weighted by molar-refractivity contribution is 7.99. The molecule has 2 aromatic heterocycles. The quantitative estimate of drug-likeness (QED) is 0.477. The molecule has 4 aromatic rings. The number of anilines is 1. The minimum Gasteiger partial charge on any atom is -0.338 e. The van der Waals surface area contributed by atoms with E-state index in [0.29, 0.717) is 17.5 Å². The molecule has 1 aliphatic rings. The smallest absolute Gasteiger partial charge is 0.274 e. The minimum atomic E-state index is -0.712. The number of rotatable bonds is 4. The van der Waals surface area contributed by atoms with Crippen molar-refractivity contribution in [1.82, 2.24) is 30.5 Å². The van der Waals surface area contributed by atoms with Gasteiger partial charge in [0.25, 0.3) is 5.91 Å². The molecule has 11 heteroatoms. The van der Waals surface area contributed by atoms with Crippen molar-refractivity contribution in [1.29, 1.82) is 0 Å². The van der Waals surface area contributed by atoms with Crippen LogP contribution in [0.15, 0.2) is 53.6 Å². The number of carbonyl (C=O) groups is 2. The van der Waals surface area contributed by atoms with Crippen molar-refractivity contribution >= 4 is 51.8 Å². The molecule has 1 atom stereocenters. The first kappa shape index (κ1) is 20.5. The van der Waals surface area contributed by atoms with Gasteiger partial charge in [0.2, 0.25) is 5.91 Å². The maximum atomic E-state index is 13.1. The molecule has 0 spiro atoms. The van der Waals surface area contributed by atoms with Crippen LogP contribution in [0, 0.1) is 0 Å². The summed E-state index contributed by atoms with van der Waals surface area (Å²) in [6.07, 6.45) is 1.58. The highest BCUT2D eigenvalue weighted by atomic mass is 35.5. The van der Waals surface area contributed by atoms with E-state index in [1.807, 2.05) is 42.5 Å². The molecule has 0 bridgehead atoms. The van der Waals surface area contributed by atoms with Gasteiger partial charge in [-0.15, -0.1) is 16.9 Å². The van der Waals surface area contributed by atoms with Gasteiger partial charge in [0, 0.05) is 23.1 Å². The number of halogens is 1. The van der Waals surface area contributed by atoms with Gasteiger partial charge in [-0.3, -0.25) is 14.7 Å². The maximum Gasteiger partial charge on any atom is 0.274 e. The van der Waals surface area contributed by atoms with Crippen molar-refractivity contribution in [3.8, 4) is 0 Å². The Hall–Kier alpha value is -3.37. The predicted molar refractivity (Wildman–Crippen MR) is 122 cm³/mol. The summed E-state index contributed by atoms with van der Waals surface area (Å²) in [6, 6.07) is 12.8. The summed E-state index contributed by atoms with van der Waals surface area (Å²) in [5, 5.41) is 18.8. The summed E-state index contributed by atoms with van der Waals surface area (Å²) in [5.41, 5.74) is 2.72. The van der Waals surface area contributed by atoms with Crippen LogP contribution in [-0.2, 0) is 11.3 Å². The van der Waals surface area contributed by atoms with Crippen LogP contribution in [0.4, 0.5) is 5.69 Å².